The zero-order valence-corrected chi connectivity index (χ0v) is 16.9. The topological polar surface area (TPSA) is 72.0 Å². The van der Waals surface area contributed by atoms with E-state index in [9.17, 15) is 9.59 Å². The number of hydrogen-bond donors (Lipinski definition) is 1. The number of ketones is 1. The molecule has 0 saturated carbocycles. The van der Waals surface area contributed by atoms with Gasteiger partial charge in [0.25, 0.3) is 0 Å². The van der Waals surface area contributed by atoms with Crippen molar-refractivity contribution < 1.29 is 9.59 Å². The predicted octanol–water partition coefficient (Wildman–Crippen LogP) is 4.14. The largest absolute Gasteiger partial charge is 0.356 e. The summed E-state index contributed by atoms with van der Waals surface area (Å²) in [4.78, 5) is 33.1. The molecule has 0 atom stereocenters. The zero-order valence-electron chi connectivity index (χ0n) is 16.1. The number of amides is 1. The molecule has 2 aromatic heterocycles. The highest BCUT2D eigenvalue weighted by molar-refractivity contribution is 7.13. The van der Waals surface area contributed by atoms with Crippen LogP contribution in [0.2, 0.25) is 0 Å². The lowest BCUT2D eigenvalue weighted by Gasteiger charge is -2.06. The minimum absolute atomic E-state index is 0.00208. The molecule has 0 aliphatic carbocycles. The monoisotopic (exact) mass is 393 g/mol. The molecule has 28 heavy (non-hydrogen) atoms. The average Bonchev–Trinajstić information content (AvgIpc) is 3.18. The van der Waals surface area contributed by atoms with E-state index in [2.05, 4.69) is 15.3 Å². The quantitative estimate of drug-likeness (QED) is 0.584. The first-order chi connectivity index (χ1) is 13.5. The van der Waals surface area contributed by atoms with E-state index >= 15 is 0 Å². The molecule has 5 nitrogen and oxygen atoms in total. The summed E-state index contributed by atoms with van der Waals surface area (Å²) in [6.07, 6.45) is 2.81. The minimum atomic E-state index is -0.114. The van der Waals surface area contributed by atoms with Gasteiger partial charge < -0.3 is 5.32 Å². The number of hydrogen-bond acceptors (Lipinski definition) is 5. The molecule has 0 aliphatic rings. The number of Topliss-reactive ketones (excluding diaryl/α,β-unsaturated/α-hetero) is 1. The Bertz CT molecular complexity index is 967. The van der Waals surface area contributed by atoms with Gasteiger partial charge in [0.05, 0.1) is 11.4 Å². The molecule has 0 fully saturated rings. The predicted molar refractivity (Wildman–Crippen MR) is 112 cm³/mol. The van der Waals surface area contributed by atoms with Crippen molar-refractivity contribution in [2.75, 3.05) is 6.54 Å². The van der Waals surface area contributed by atoms with Crippen LogP contribution in [-0.2, 0) is 11.2 Å². The summed E-state index contributed by atoms with van der Waals surface area (Å²) >= 11 is 1.54. The van der Waals surface area contributed by atoms with Gasteiger partial charge in [-0.3, -0.25) is 14.6 Å². The Balaban J connectivity index is 1.42. The summed E-state index contributed by atoms with van der Waals surface area (Å²) in [5.41, 5.74) is 4.69. The molecule has 0 radical (unpaired) electrons. The maximum Gasteiger partial charge on any atom is 0.220 e. The summed E-state index contributed by atoms with van der Waals surface area (Å²) in [5, 5.41) is 5.73. The molecule has 0 saturated heterocycles. The third kappa shape index (κ3) is 5.33. The number of carbonyl (C=O) groups is 2. The minimum Gasteiger partial charge on any atom is -0.356 e. The molecule has 144 valence electrons. The van der Waals surface area contributed by atoms with E-state index in [1.165, 1.54) is 0 Å². The van der Waals surface area contributed by atoms with Gasteiger partial charge in [0.15, 0.2) is 5.78 Å². The molecule has 0 aliphatic heterocycles. The normalized spacial score (nSPS) is 10.6. The SMILES string of the molecule is Cc1ccc(C(=O)CCC(=O)NCCc2csc(-c3ccccn3)n2)cc1C. The summed E-state index contributed by atoms with van der Waals surface area (Å²) in [6.45, 7) is 4.50. The Hall–Kier alpha value is -2.86. The van der Waals surface area contributed by atoms with Gasteiger partial charge in [-0.05, 0) is 43.2 Å². The Labute approximate surface area is 168 Å². The van der Waals surface area contributed by atoms with Gasteiger partial charge in [-0.1, -0.05) is 18.2 Å². The van der Waals surface area contributed by atoms with Crippen molar-refractivity contribution in [1.82, 2.24) is 15.3 Å². The smallest absolute Gasteiger partial charge is 0.220 e. The number of nitrogens with one attached hydrogen (secondary N) is 1. The maximum atomic E-state index is 12.3. The van der Waals surface area contributed by atoms with E-state index in [-0.39, 0.29) is 24.5 Å². The van der Waals surface area contributed by atoms with Crippen LogP contribution < -0.4 is 5.32 Å². The second-order valence-corrected chi connectivity index (χ2v) is 7.54. The van der Waals surface area contributed by atoms with Crippen molar-refractivity contribution in [3.05, 3.63) is 70.4 Å². The molecule has 1 amide bonds. The highest BCUT2D eigenvalue weighted by atomic mass is 32.1. The van der Waals surface area contributed by atoms with Crippen LogP contribution in [0.25, 0.3) is 10.7 Å². The van der Waals surface area contributed by atoms with Crippen molar-refractivity contribution in [3.8, 4) is 10.7 Å². The number of benzene rings is 1. The fraction of sp³-hybridized carbons (Fsp3) is 0.273. The highest BCUT2D eigenvalue weighted by Crippen LogP contribution is 2.21. The second kappa shape index (κ2) is 9.37. The Kier molecular flexibility index (Phi) is 6.66. The van der Waals surface area contributed by atoms with Crippen LogP contribution in [0.4, 0.5) is 0 Å². The van der Waals surface area contributed by atoms with Crippen LogP contribution in [0.3, 0.4) is 0 Å². The van der Waals surface area contributed by atoms with Crippen LogP contribution in [0, 0.1) is 13.8 Å². The van der Waals surface area contributed by atoms with Crippen LogP contribution in [-0.4, -0.2) is 28.2 Å². The fourth-order valence-electron chi connectivity index (χ4n) is 2.73. The van der Waals surface area contributed by atoms with E-state index in [0.29, 0.717) is 18.5 Å². The van der Waals surface area contributed by atoms with Gasteiger partial charge >= 0.3 is 0 Å². The summed E-state index contributed by atoms with van der Waals surface area (Å²) in [6, 6.07) is 11.4. The third-order valence-electron chi connectivity index (χ3n) is 4.55. The van der Waals surface area contributed by atoms with Crippen LogP contribution >= 0.6 is 11.3 Å². The van der Waals surface area contributed by atoms with E-state index in [0.717, 1.165) is 27.5 Å². The molecule has 0 unspecified atom stereocenters. The Morgan fingerprint density at radius 3 is 2.68 bits per heavy atom. The van der Waals surface area contributed by atoms with Crippen molar-refractivity contribution >= 4 is 23.0 Å². The Morgan fingerprint density at radius 1 is 1.07 bits per heavy atom. The van der Waals surface area contributed by atoms with Crippen LogP contribution in [0.1, 0.15) is 40.0 Å². The molecule has 3 aromatic rings. The molecule has 6 heteroatoms. The average molecular weight is 394 g/mol. The van der Waals surface area contributed by atoms with Gasteiger partial charge in [-0.25, -0.2) is 4.98 Å². The first-order valence-corrected chi connectivity index (χ1v) is 10.1. The van der Waals surface area contributed by atoms with Crippen molar-refractivity contribution in [2.45, 2.75) is 33.1 Å². The zero-order chi connectivity index (χ0) is 19.9. The first kappa shape index (κ1) is 19.9. The summed E-state index contributed by atoms with van der Waals surface area (Å²) in [5.74, 6) is -0.116. The fourth-order valence-corrected chi connectivity index (χ4v) is 3.56. The van der Waals surface area contributed by atoms with E-state index in [1.807, 2.05) is 55.6 Å². The maximum absolute atomic E-state index is 12.3. The second-order valence-electron chi connectivity index (χ2n) is 6.68. The summed E-state index contributed by atoms with van der Waals surface area (Å²) in [7, 11) is 0. The number of thiazole rings is 1. The summed E-state index contributed by atoms with van der Waals surface area (Å²) < 4.78 is 0. The number of nitrogens with zero attached hydrogens (tertiary/aromatic N) is 2. The van der Waals surface area contributed by atoms with E-state index in [1.54, 1.807) is 17.5 Å². The molecule has 1 aromatic carbocycles. The lowest BCUT2D eigenvalue weighted by molar-refractivity contribution is -0.121. The number of aromatic nitrogens is 2. The van der Waals surface area contributed by atoms with Crippen molar-refractivity contribution in [1.29, 1.82) is 0 Å². The van der Waals surface area contributed by atoms with Gasteiger partial charge in [0.2, 0.25) is 5.91 Å². The van der Waals surface area contributed by atoms with E-state index < -0.39 is 0 Å². The molecular weight excluding hydrogens is 370 g/mol. The third-order valence-corrected chi connectivity index (χ3v) is 5.46. The molecule has 3 rings (SSSR count). The van der Waals surface area contributed by atoms with Crippen LogP contribution in [0.5, 0.6) is 0 Å². The standard InChI is InChI=1S/C22H23N3O2S/c1-15-6-7-17(13-16(15)2)20(26)8-9-21(27)24-12-10-18-14-28-22(25-18)19-5-3-4-11-23-19/h3-7,11,13-14H,8-10,12H2,1-2H3,(H,24,27). The number of aryl methyl sites for hydroxylation is 2. The van der Waals surface area contributed by atoms with Gasteiger partial charge in [0, 0.05) is 42.9 Å². The lowest BCUT2D eigenvalue weighted by atomic mass is 10.0. The molecule has 1 N–H and O–H groups in total. The first-order valence-electron chi connectivity index (χ1n) is 9.26. The van der Waals surface area contributed by atoms with Gasteiger partial charge in [-0.15, -0.1) is 11.3 Å². The van der Waals surface area contributed by atoms with Gasteiger partial charge in [0.1, 0.15) is 5.01 Å². The lowest BCUT2D eigenvalue weighted by Crippen LogP contribution is -2.26. The number of carbonyl (C=O) groups excluding carboxylic acids is 2. The Morgan fingerprint density at radius 2 is 1.93 bits per heavy atom. The number of pyridine rings is 1. The van der Waals surface area contributed by atoms with Crippen molar-refractivity contribution in [3.63, 3.8) is 0 Å². The molecular formula is C22H23N3O2S. The van der Waals surface area contributed by atoms with Gasteiger partial charge in [-0.2, -0.15) is 0 Å². The molecule has 0 bridgehead atoms. The van der Waals surface area contributed by atoms with Crippen LogP contribution in [0.15, 0.2) is 48.0 Å². The molecule has 0 spiro atoms. The van der Waals surface area contributed by atoms with Crippen molar-refractivity contribution in [2.24, 2.45) is 0 Å². The number of rotatable bonds is 8. The van der Waals surface area contributed by atoms with E-state index in [4.69, 9.17) is 0 Å². The highest BCUT2D eigenvalue weighted by Gasteiger charge is 2.11. The molecule has 2 heterocycles.